The number of ether oxygens (including phenoxy) is 1. The summed E-state index contributed by atoms with van der Waals surface area (Å²) in [7, 11) is 0. The summed E-state index contributed by atoms with van der Waals surface area (Å²) in [5, 5.41) is 7.24. The van der Waals surface area contributed by atoms with E-state index in [1.54, 1.807) is 39.0 Å². The Kier molecular flexibility index (Phi) is 9.50. The number of anilines is 1. The Labute approximate surface area is 164 Å². The maximum Gasteiger partial charge on any atom is 0.314 e. The number of carbonyl (C=O) groups excluding carboxylic acids is 3. The minimum absolute atomic E-state index is 0.00143. The summed E-state index contributed by atoms with van der Waals surface area (Å²) in [5.41, 5.74) is 4.21. The van der Waals surface area contributed by atoms with Crippen molar-refractivity contribution in [2.45, 2.75) is 47.0 Å². The van der Waals surface area contributed by atoms with E-state index in [1.165, 1.54) is 0 Å². The van der Waals surface area contributed by atoms with Gasteiger partial charge in [0, 0.05) is 29.3 Å². The van der Waals surface area contributed by atoms with Gasteiger partial charge >= 0.3 is 5.97 Å². The molecule has 0 aliphatic heterocycles. The van der Waals surface area contributed by atoms with Crippen molar-refractivity contribution in [2.24, 2.45) is 11.0 Å². The summed E-state index contributed by atoms with van der Waals surface area (Å²) in [6.07, 6.45) is 0.491. The first kappa shape index (κ1) is 22.6. The van der Waals surface area contributed by atoms with Gasteiger partial charge in [-0.2, -0.15) is 5.10 Å². The first-order chi connectivity index (χ1) is 12.8. The van der Waals surface area contributed by atoms with Crippen LogP contribution in [0.1, 0.15) is 45.6 Å². The molecule has 0 aromatic heterocycles. The zero-order chi connectivity index (χ0) is 20.4. The molecule has 0 saturated carbocycles. The Morgan fingerprint density at radius 1 is 1.19 bits per heavy atom. The maximum absolute atomic E-state index is 12.0. The average molecular weight is 396 g/mol. The first-order valence-electron chi connectivity index (χ1n) is 8.84. The number of hydrogen-bond acceptors (Lipinski definition) is 5. The Balaban J connectivity index is 2.51. The third-order valence-corrected chi connectivity index (χ3v) is 4.37. The number of halogens is 1. The SMILES string of the molecule is CCOC(=O)[C@@H](CC)/C(C)=N/NC(=O)CCC(=O)Nc1cccc(Cl)c1C. The van der Waals surface area contributed by atoms with Crippen LogP contribution in [-0.2, 0) is 19.1 Å². The number of benzene rings is 1. The summed E-state index contributed by atoms with van der Waals surface area (Å²) in [4.78, 5) is 35.7. The minimum Gasteiger partial charge on any atom is -0.465 e. The van der Waals surface area contributed by atoms with Crippen molar-refractivity contribution < 1.29 is 19.1 Å². The Morgan fingerprint density at radius 3 is 2.48 bits per heavy atom. The second-order valence-electron chi connectivity index (χ2n) is 5.96. The fourth-order valence-corrected chi connectivity index (χ4v) is 2.52. The third-order valence-electron chi connectivity index (χ3n) is 3.96. The highest BCUT2D eigenvalue weighted by Gasteiger charge is 2.21. The molecule has 0 aliphatic carbocycles. The Bertz CT molecular complexity index is 719. The summed E-state index contributed by atoms with van der Waals surface area (Å²) < 4.78 is 4.98. The number of rotatable bonds is 9. The van der Waals surface area contributed by atoms with E-state index in [0.29, 0.717) is 22.8 Å². The lowest BCUT2D eigenvalue weighted by Gasteiger charge is -2.13. The first-order valence-corrected chi connectivity index (χ1v) is 9.22. The second kappa shape index (κ2) is 11.3. The zero-order valence-electron chi connectivity index (χ0n) is 16.1. The quantitative estimate of drug-likeness (QED) is 0.380. The molecule has 1 atom stereocenters. The number of carbonyl (C=O) groups is 3. The minimum atomic E-state index is -0.501. The molecule has 2 N–H and O–H groups in total. The molecule has 0 spiro atoms. The van der Waals surface area contributed by atoms with Gasteiger partial charge in [0.25, 0.3) is 0 Å². The highest BCUT2D eigenvalue weighted by Crippen LogP contribution is 2.23. The summed E-state index contributed by atoms with van der Waals surface area (Å²) in [6.45, 7) is 7.31. The fourth-order valence-electron chi connectivity index (χ4n) is 2.34. The number of nitrogens with zero attached hydrogens (tertiary/aromatic N) is 1. The van der Waals surface area contributed by atoms with E-state index in [2.05, 4.69) is 15.8 Å². The lowest BCUT2D eigenvalue weighted by Crippen LogP contribution is -2.27. The lowest BCUT2D eigenvalue weighted by atomic mass is 10.0. The van der Waals surface area contributed by atoms with E-state index in [4.69, 9.17) is 16.3 Å². The van der Waals surface area contributed by atoms with E-state index < -0.39 is 11.8 Å². The molecule has 7 nitrogen and oxygen atoms in total. The number of nitrogens with one attached hydrogen (secondary N) is 2. The molecule has 0 aliphatic rings. The monoisotopic (exact) mass is 395 g/mol. The van der Waals surface area contributed by atoms with Crippen molar-refractivity contribution in [2.75, 3.05) is 11.9 Å². The van der Waals surface area contributed by atoms with E-state index >= 15 is 0 Å². The van der Waals surface area contributed by atoms with Gasteiger partial charge in [0.2, 0.25) is 11.8 Å². The van der Waals surface area contributed by atoms with Crippen molar-refractivity contribution in [3.05, 3.63) is 28.8 Å². The van der Waals surface area contributed by atoms with E-state index in [9.17, 15) is 14.4 Å². The second-order valence-corrected chi connectivity index (χ2v) is 6.37. The van der Waals surface area contributed by atoms with Crippen LogP contribution in [0.2, 0.25) is 5.02 Å². The molecule has 0 bridgehead atoms. The van der Waals surface area contributed by atoms with Crippen molar-refractivity contribution in [1.82, 2.24) is 5.43 Å². The van der Waals surface area contributed by atoms with Crippen molar-refractivity contribution >= 4 is 40.8 Å². The third kappa shape index (κ3) is 7.38. The highest BCUT2D eigenvalue weighted by atomic mass is 35.5. The van der Waals surface area contributed by atoms with Crippen LogP contribution in [0.15, 0.2) is 23.3 Å². The molecule has 0 unspecified atom stereocenters. The predicted octanol–water partition coefficient (Wildman–Crippen LogP) is 3.45. The molecular formula is C19H26ClN3O4. The van der Waals surface area contributed by atoms with Crippen molar-refractivity contribution in [1.29, 1.82) is 0 Å². The van der Waals surface area contributed by atoms with Gasteiger partial charge in [0.15, 0.2) is 0 Å². The zero-order valence-corrected chi connectivity index (χ0v) is 16.9. The van der Waals surface area contributed by atoms with Crippen LogP contribution in [0.3, 0.4) is 0 Å². The van der Waals surface area contributed by atoms with Crippen molar-refractivity contribution in [3.8, 4) is 0 Å². The molecule has 1 rings (SSSR count). The normalized spacial score (nSPS) is 12.3. The predicted molar refractivity (Wildman–Crippen MR) is 106 cm³/mol. The number of hydrogen-bond donors (Lipinski definition) is 2. The Morgan fingerprint density at radius 2 is 1.85 bits per heavy atom. The van der Waals surface area contributed by atoms with Gasteiger partial charge in [-0.25, -0.2) is 5.43 Å². The molecule has 0 heterocycles. The molecule has 2 amide bonds. The smallest absolute Gasteiger partial charge is 0.314 e. The van der Waals surface area contributed by atoms with Gasteiger partial charge in [0.05, 0.1) is 12.5 Å². The average Bonchev–Trinajstić information content (AvgIpc) is 2.63. The van der Waals surface area contributed by atoms with Gasteiger partial charge in [-0.3, -0.25) is 14.4 Å². The number of hydrazone groups is 1. The maximum atomic E-state index is 12.0. The molecule has 0 saturated heterocycles. The van der Waals surface area contributed by atoms with Crippen LogP contribution < -0.4 is 10.7 Å². The van der Waals surface area contributed by atoms with Crippen LogP contribution in [0.25, 0.3) is 0 Å². The van der Waals surface area contributed by atoms with Gasteiger partial charge in [-0.1, -0.05) is 24.6 Å². The van der Waals surface area contributed by atoms with Crippen molar-refractivity contribution in [3.63, 3.8) is 0 Å². The molecule has 0 radical (unpaired) electrons. The van der Waals surface area contributed by atoms with Crippen LogP contribution >= 0.6 is 11.6 Å². The number of amides is 2. The van der Waals surface area contributed by atoms with E-state index in [0.717, 1.165) is 5.56 Å². The molecule has 1 aromatic carbocycles. The van der Waals surface area contributed by atoms with Crippen LogP contribution in [0.5, 0.6) is 0 Å². The summed E-state index contributed by atoms with van der Waals surface area (Å²) in [5.74, 6) is -1.58. The van der Waals surface area contributed by atoms with Gasteiger partial charge < -0.3 is 10.1 Å². The Hall–Kier alpha value is -2.41. The van der Waals surface area contributed by atoms with Crippen LogP contribution in [0.4, 0.5) is 5.69 Å². The van der Waals surface area contributed by atoms with Gasteiger partial charge in [-0.15, -0.1) is 0 Å². The highest BCUT2D eigenvalue weighted by molar-refractivity contribution is 6.31. The van der Waals surface area contributed by atoms with E-state index in [-0.39, 0.29) is 31.3 Å². The van der Waals surface area contributed by atoms with Crippen LogP contribution in [-0.4, -0.2) is 30.1 Å². The molecule has 8 heteroatoms. The fraction of sp³-hybridized carbons (Fsp3) is 0.474. The largest absolute Gasteiger partial charge is 0.465 e. The van der Waals surface area contributed by atoms with Gasteiger partial charge in [-0.05, 0) is 44.9 Å². The van der Waals surface area contributed by atoms with Crippen LogP contribution in [0, 0.1) is 12.8 Å². The molecule has 27 heavy (non-hydrogen) atoms. The molecule has 0 fully saturated rings. The lowest BCUT2D eigenvalue weighted by molar-refractivity contribution is -0.145. The number of esters is 1. The summed E-state index contributed by atoms with van der Waals surface area (Å²) >= 11 is 6.01. The van der Waals surface area contributed by atoms with E-state index in [1.807, 2.05) is 6.92 Å². The summed E-state index contributed by atoms with van der Waals surface area (Å²) in [6, 6.07) is 5.22. The topological polar surface area (TPSA) is 96.9 Å². The molecular weight excluding hydrogens is 370 g/mol. The molecule has 1 aromatic rings. The van der Waals surface area contributed by atoms with Gasteiger partial charge in [0.1, 0.15) is 0 Å². The standard InChI is InChI=1S/C19H26ClN3O4/c1-5-14(19(26)27-6-2)13(4)22-23-18(25)11-10-17(24)21-16-9-7-8-15(20)12(16)3/h7-9,14H,5-6,10-11H2,1-4H3,(H,21,24)(H,23,25)/b22-13+/t14-/m0/s1. The molecule has 148 valence electrons.